The molecule has 1 fully saturated rings. The summed E-state index contributed by atoms with van der Waals surface area (Å²) in [5.74, 6) is 0.00146. The third-order valence-corrected chi connectivity index (χ3v) is 5.65. The maximum atomic E-state index is 12.5. The summed E-state index contributed by atoms with van der Waals surface area (Å²) in [6, 6.07) is 9.97. The van der Waals surface area contributed by atoms with E-state index in [1.54, 1.807) is 11.9 Å². The minimum atomic E-state index is -0.0876. The molecule has 28 heavy (non-hydrogen) atoms. The van der Waals surface area contributed by atoms with E-state index in [0.29, 0.717) is 6.54 Å². The first-order valence-electron chi connectivity index (χ1n) is 10.1. The largest absolute Gasteiger partial charge is 0.347 e. The third-order valence-electron chi connectivity index (χ3n) is 5.65. The first kappa shape index (κ1) is 20.1. The monoisotopic (exact) mass is 382 g/mol. The lowest BCUT2D eigenvalue weighted by Crippen LogP contribution is -2.40. The topological polar surface area (TPSA) is 67.2 Å². The zero-order valence-electron chi connectivity index (χ0n) is 17.1. The Morgan fingerprint density at radius 2 is 1.82 bits per heavy atom. The lowest BCUT2D eigenvalue weighted by Gasteiger charge is -2.22. The van der Waals surface area contributed by atoms with Crippen molar-refractivity contribution in [2.75, 3.05) is 13.6 Å². The van der Waals surface area contributed by atoms with Crippen molar-refractivity contribution in [1.82, 2.24) is 20.0 Å². The number of hydrogen-bond acceptors (Lipinski definition) is 3. The van der Waals surface area contributed by atoms with Crippen LogP contribution < -0.4 is 5.32 Å². The molecule has 1 aromatic heterocycles. The van der Waals surface area contributed by atoms with Crippen LogP contribution in [0.2, 0.25) is 0 Å². The number of benzene rings is 1. The van der Waals surface area contributed by atoms with Crippen molar-refractivity contribution in [2.45, 2.75) is 52.5 Å². The van der Waals surface area contributed by atoms with Gasteiger partial charge in [0.15, 0.2) is 0 Å². The number of likely N-dealkylation sites (N-methyl/N-ethyl adjacent to an activating group) is 1. The van der Waals surface area contributed by atoms with Crippen LogP contribution >= 0.6 is 0 Å². The molecule has 1 N–H and O–H groups in total. The van der Waals surface area contributed by atoms with Crippen LogP contribution in [0.15, 0.2) is 30.3 Å². The average molecular weight is 383 g/mol. The number of aryl methyl sites for hydroxylation is 1. The van der Waals surface area contributed by atoms with E-state index in [-0.39, 0.29) is 24.3 Å². The number of nitrogens with one attached hydrogen (secondary N) is 1. The van der Waals surface area contributed by atoms with Gasteiger partial charge in [0.1, 0.15) is 0 Å². The summed E-state index contributed by atoms with van der Waals surface area (Å²) in [7, 11) is 1.77. The molecule has 0 radical (unpaired) electrons. The molecule has 1 aromatic carbocycles. The summed E-state index contributed by atoms with van der Waals surface area (Å²) < 4.78 is 1.91. The molecule has 0 saturated heterocycles. The van der Waals surface area contributed by atoms with Gasteiger partial charge in [0, 0.05) is 30.8 Å². The van der Waals surface area contributed by atoms with Crippen molar-refractivity contribution < 1.29 is 9.59 Å². The van der Waals surface area contributed by atoms with Gasteiger partial charge in [-0.3, -0.25) is 9.59 Å². The number of amides is 2. The van der Waals surface area contributed by atoms with Crippen LogP contribution in [0.25, 0.3) is 5.69 Å². The first-order chi connectivity index (χ1) is 13.5. The first-order valence-corrected chi connectivity index (χ1v) is 10.1. The molecule has 150 valence electrons. The molecular weight excluding hydrogens is 352 g/mol. The summed E-state index contributed by atoms with van der Waals surface area (Å²) in [4.78, 5) is 26.4. The maximum Gasteiger partial charge on any atom is 0.242 e. The SMILES string of the molecule is Cc1nn(-c2ccccc2)c(C)c1CN(C)C(=O)CNC(=O)C1CCCCC1. The van der Waals surface area contributed by atoms with Crippen LogP contribution in [0.1, 0.15) is 49.1 Å². The zero-order valence-corrected chi connectivity index (χ0v) is 17.1. The van der Waals surface area contributed by atoms with Gasteiger partial charge in [-0.1, -0.05) is 37.5 Å². The van der Waals surface area contributed by atoms with Crippen molar-refractivity contribution in [3.8, 4) is 5.69 Å². The van der Waals surface area contributed by atoms with Crippen LogP contribution in [-0.2, 0) is 16.1 Å². The number of carbonyl (C=O) groups excluding carboxylic acids is 2. The zero-order chi connectivity index (χ0) is 20.1. The van der Waals surface area contributed by atoms with E-state index >= 15 is 0 Å². The van der Waals surface area contributed by atoms with Gasteiger partial charge < -0.3 is 10.2 Å². The second-order valence-electron chi connectivity index (χ2n) is 7.70. The molecule has 0 aliphatic heterocycles. The normalized spacial score (nSPS) is 14.7. The Hall–Kier alpha value is -2.63. The molecule has 2 aromatic rings. The second-order valence-corrected chi connectivity index (χ2v) is 7.70. The van der Waals surface area contributed by atoms with Crippen LogP contribution in [0.4, 0.5) is 0 Å². The molecule has 1 heterocycles. The fourth-order valence-corrected chi connectivity index (χ4v) is 3.86. The number of rotatable bonds is 6. The van der Waals surface area contributed by atoms with Gasteiger partial charge in [-0.15, -0.1) is 0 Å². The minimum absolute atomic E-state index is 0.0192. The van der Waals surface area contributed by atoms with Crippen molar-refractivity contribution in [3.05, 3.63) is 47.3 Å². The standard InChI is InChI=1S/C22H30N4O2/c1-16-20(17(2)26(24-16)19-12-8-5-9-13-19)15-25(3)21(27)14-23-22(28)18-10-6-4-7-11-18/h5,8-9,12-13,18H,4,6-7,10-11,14-15H2,1-3H3,(H,23,28). The van der Waals surface area contributed by atoms with E-state index in [1.807, 2.05) is 48.9 Å². The molecule has 1 aliphatic carbocycles. The van der Waals surface area contributed by atoms with E-state index < -0.39 is 0 Å². The lowest BCUT2D eigenvalue weighted by atomic mass is 9.89. The Bertz CT molecular complexity index is 823. The minimum Gasteiger partial charge on any atom is -0.347 e. The van der Waals surface area contributed by atoms with Crippen LogP contribution in [-0.4, -0.2) is 40.1 Å². The van der Waals surface area contributed by atoms with Gasteiger partial charge >= 0.3 is 0 Å². The van der Waals surface area contributed by atoms with E-state index in [9.17, 15) is 9.59 Å². The highest BCUT2D eigenvalue weighted by atomic mass is 16.2. The highest BCUT2D eigenvalue weighted by Crippen LogP contribution is 2.23. The molecule has 1 aliphatic rings. The Kier molecular flexibility index (Phi) is 6.49. The molecule has 0 atom stereocenters. The average Bonchev–Trinajstić information content (AvgIpc) is 3.01. The molecule has 0 unspecified atom stereocenters. The Morgan fingerprint density at radius 1 is 1.14 bits per heavy atom. The predicted octanol–water partition coefficient (Wildman–Crippen LogP) is 3.14. The Labute approximate surface area is 166 Å². The van der Waals surface area contributed by atoms with Crippen LogP contribution in [0.5, 0.6) is 0 Å². The smallest absolute Gasteiger partial charge is 0.242 e. The second kappa shape index (κ2) is 9.04. The van der Waals surface area contributed by atoms with Crippen molar-refractivity contribution >= 4 is 11.8 Å². The fourth-order valence-electron chi connectivity index (χ4n) is 3.86. The summed E-state index contributed by atoms with van der Waals surface area (Å²) in [5.41, 5.74) is 3.98. The Balaban J connectivity index is 1.59. The molecular formula is C22H30N4O2. The number of aromatic nitrogens is 2. The third kappa shape index (κ3) is 4.61. The van der Waals surface area contributed by atoms with Crippen LogP contribution in [0, 0.1) is 19.8 Å². The molecule has 1 saturated carbocycles. The number of nitrogens with zero attached hydrogens (tertiary/aromatic N) is 3. The molecule has 6 nitrogen and oxygen atoms in total. The quantitative estimate of drug-likeness (QED) is 0.835. The van der Waals surface area contributed by atoms with Crippen molar-refractivity contribution in [2.24, 2.45) is 5.92 Å². The molecule has 6 heteroatoms. The van der Waals surface area contributed by atoms with Crippen molar-refractivity contribution in [3.63, 3.8) is 0 Å². The molecule has 3 rings (SSSR count). The predicted molar refractivity (Wildman–Crippen MR) is 109 cm³/mol. The summed E-state index contributed by atoms with van der Waals surface area (Å²) in [6.07, 6.45) is 5.30. The number of carbonyl (C=O) groups is 2. The van der Waals surface area contributed by atoms with E-state index in [4.69, 9.17) is 0 Å². The summed E-state index contributed by atoms with van der Waals surface area (Å²) >= 11 is 0. The van der Waals surface area contributed by atoms with Crippen molar-refractivity contribution in [1.29, 1.82) is 0 Å². The molecule has 2 amide bonds. The van der Waals surface area contributed by atoms with Gasteiger partial charge in [0.2, 0.25) is 11.8 Å². The van der Waals surface area contributed by atoms with Gasteiger partial charge in [-0.25, -0.2) is 4.68 Å². The molecule has 0 bridgehead atoms. The fraction of sp³-hybridized carbons (Fsp3) is 0.500. The maximum absolute atomic E-state index is 12.5. The number of hydrogen-bond donors (Lipinski definition) is 1. The summed E-state index contributed by atoms with van der Waals surface area (Å²) in [6.45, 7) is 4.51. The van der Waals surface area contributed by atoms with E-state index in [2.05, 4.69) is 10.4 Å². The van der Waals surface area contributed by atoms with Gasteiger partial charge in [-0.2, -0.15) is 5.10 Å². The lowest BCUT2D eigenvalue weighted by molar-refractivity contribution is -0.133. The van der Waals surface area contributed by atoms with E-state index in [0.717, 1.165) is 48.3 Å². The van der Waals surface area contributed by atoms with Gasteiger partial charge in [-0.05, 0) is 38.8 Å². The number of para-hydroxylation sites is 1. The molecule has 0 spiro atoms. The highest BCUT2D eigenvalue weighted by molar-refractivity contribution is 5.85. The van der Waals surface area contributed by atoms with Gasteiger partial charge in [0.05, 0.1) is 17.9 Å². The van der Waals surface area contributed by atoms with E-state index in [1.165, 1.54) is 6.42 Å². The Morgan fingerprint density at radius 3 is 2.50 bits per heavy atom. The highest BCUT2D eigenvalue weighted by Gasteiger charge is 2.22. The summed E-state index contributed by atoms with van der Waals surface area (Å²) in [5, 5.41) is 7.47. The van der Waals surface area contributed by atoms with Gasteiger partial charge in [0.25, 0.3) is 0 Å². The van der Waals surface area contributed by atoms with Crippen LogP contribution in [0.3, 0.4) is 0 Å².